The van der Waals surface area contributed by atoms with E-state index in [1.54, 1.807) is 0 Å². The van der Waals surface area contributed by atoms with Crippen LogP contribution < -0.4 is 0 Å². The van der Waals surface area contributed by atoms with Crippen molar-refractivity contribution in [3.63, 3.8) is 0 Å². The van der Waals surface area contributed by atoms with Gasteiger partial charge in [0.15, 0.2) is 0 Å². The van der Waals surface area contributed by atoms with Crippen molar-refractivity contribution in [2.75, 3.05) is 0 Å². The number of benzene rings is 1. The van der Waals surface area contributed by atoms with Crippen molar-refractivity contribution < 1.29 is 0 Å². The molecule has 0 radical (unpaired) electrons. The van der Waals surface area contributed by atoms with Gasteiger partial charge >= 0.3 is 0 Å². The minimum Gasteiger partial charge on any atom is -0.328 e. The molecule has 2 heteroatoms. The summed E-state index contributed by atoms with van der Waals surface area (Å²) in [4.78, 5) is 4.65. The van der Waals surface area contributed by atoms with Crippen LogP contribution in [0.3, 0.4) is 0 Å². The van der Waals surface area contributed by atoms with E-state index in [0.29, 0.717) is 0 Å². The SMILES string of the molecule is CC.CC.CCCn1c(CC)nc2ccc(C)cc21. The standard InChI is InChI=1S/C13H18N2.2C2H6/c1-4-8-15-12-9-10(3)6-7-11(12)14-13(15)5-2;2*1-2/h6-7,9H,4-5,8H2,1-3H3;2*1-2H3. The maximum atomic E-state index is 4.65. The van der Waals surface area contributed by atoms with Crippen molar-refractivity contribution in [3.05, 3.63) is 29.6 Å². The van der Waals surface area contributed by atoms with Crippen molar-refractivity contribution in [2.45, 2.75) is 67.9 Å². The molecule has 0 unspecified atom stereocenters. The predicted octanol–water partition coefficient (Wildman–Crippen LogP) is 5.37. The van der Waals surface area contributed by atoms with Gasteiger partial charge in [-0.3, -0.25) is 0 Å². The molecule has 0 saturated carbocycles. The van der Waals surface area contributed by atoms with Gasteiger partial charge in [0.25, 0.3) is 0 Å². The summed E-state index contributed by atoms with van der Waals surface area (Å²) in [7, 11) is 0. The van der Waals surface area contributed by atoms with Crippen molar-refractivity contribution in [2.24, 2.45) is 0 Å². The highest BCUT2D eigenvalue weighted by Crippen LogP contribution is 2.18. The van der Waals surface area contributed by atoms with Crippen LogP contribution in [0.1, 0.15) is 59.4 Å². The lowest BCUT2D eigenvalue weighted by atomic mass is 10.2. The number of fused-ring (bicyclic) bond motifs is 1. The monoisotopic (exact) mass is 262 g/mol. The lowest BCUT2D eigenvalue weighted by Crippen LogP contribution is -2.01. The zero-order chi connectivity index (χ0) is 14.8. The van der Waals surface area contributed by atoms with Crippen LogP contribution in [-0.2, 0) is 13.0 Å². The van der Waals surface area contributed by atoms with E-state index in [4.69, 9.17) is 0 Å². The highest BCUT2D eigenvalue weighted by molar-refractivity contribution is 5.76. The van der Waals surface area contributed by atoms with Gasteiger partial charge in [0.2, 0.25) is 0 Å². The first-order valence-electron chi connectivity index (χ1n) is 7.72. The van der Waals surface area contributed by atoms with Crippen LogP contribution in [0.25, 0.3) is 11.0 Å². The summed E-state index contributed by atoms with van der Waals surface area (Å²) < 4.78 is 2.35. The van der Waals surface area contributed by atoms with Gasteiger partial charge in [-0.2, -0.15) is 0 Å². The Morgan fingerprint density at radius 3 is 2.21 bits per heavy atom. The maximum absolute atomic E-state index is 4.65. The second-order valence-electron chi connectivity index (χ2n) is 4.03. The molecule has 0 aliphatic carbocycles. The lowest BCUT2D eigenvalue weighted by molar-refractivity contribution is 0.659. The Hall–Kier alpha value is -1.31. The van der Waals surface area contributed by atoms with Crippen LogP contribution in [0.4, 0.5) is 0 Å². The van der Waals surface area contributed by atoms with Gasteiger partial charge in [-0.05, 0) is 31.0 Å². The van der Waals surface area contributed by atoms with Gasteiger partial charge in [0.1, 0.15) is 5.82 Å². The second-order valence-corrected chi connectivity index (χ2v) is 4.03. The molecular formula is C17H30N2. The molecule has 2 rings (SSSR count). The van der Waals surface area contributed by atoms with Crippen molar-refractivity contribution in [3.8, 4) is 0 Å². The molecule has 2 nitrogen and oxygen atoms in total. The van der Waals surface area contributed by atoms with Crippen LogP contribution in [0.5, 0.6) is 0 Å². The van der Waals surface area contributed by atoms with Crippen molar-refractivity contribution >= 4 is 11.0 Å². The number of aromatic nitrogens is 2. The number of nitrogens with zero attached hydrogens (tertiary/aromatic N) is 2. The van der Waals surface area contributed by atoms with E-state index in [-0.39, 0.29) is 0 Å². The van der Waals surface area contributed by atoms with Gasteiger partial charge in [0.05, 0.1) is 11.0 Å². The third kappa shape index (κ3) is 4.38. The first-order chi connectivity index (χ1) is 9.26. The molecule has 0 fully saturated rings. The molecule has 108 valence electrons. The molecule has 0 bridgehead atoms. The van der Waals surface area contributed by atoms with E-state index < -0.39 is 0 Å². The summed E-state index contributed by atoms with van der Waals surface area (Å²) in [6.45, 7) is 15.6. The van der Waals surface area contributed by atoms with E-state index >= 15 is 0 Å². The minimum absolute atomic E-state index is 1.01. The normalized spacial score (nSPS) is 9.42. The Labute approximate surface area is 118 Å². The highest BCUT2D eigenvalue weighted by Gasteiger charge is 2.07. The zero-order valence-corrected chi connectivity index (χ0v) is 13.7. The molecule has 0 N–H and O–H groups in total. The average molecular weight is 262 g/mol. The first-order valence-corrected chi connectivity index (χ1v) is 7.72. The van der Waals surface area contributed by atoms with E-state index in [0.717, 1.165) is 24.9 Å². The largest absolute Gasteiger partial charge is 0.328 e. The van der Waals surface area contributed by atoms with E-state index in [9.17, 15) is 0 Å². The molecule has 0 aliphatic heterocycles. The smallest absolute Gasteiger partial charge is 0.109 e. The van der Waals surface area contributed by atoms with Crippen LogP contribution in [0.15, 0.2) is 18.2 Å². The molecule has 19 heavy (non-hydrogen) atoms. The van der Waals surface area contributed by atoms with Crippen molar-refractivity contribution in [1.29, 1.82) is 0 Å². The Kier molecular flexibility index (Phi) is 8.94. The summed E-state index contributed by atoms with van der Waals surface area (Å²) in [5.74, 6) is 1.21. The van der Waals surface area contributed by atoms with Gasteiger partial charge in [0, 0.05) is 13.0 Å². The predicted molar refractivity (Wildman–Crippen MR) is 86.8 cm³/mol. The molecule has 0 saturated heterocycles. The zero-order valence-electron chi connectivity index (χ0n) is 13.7. The number of aryl methyl sites for hydroxylation is 3. The molecule has 2 aromatic rings. The van der Waals surface area contributed by atoms with E-state index in [1.165, 1.54) is 16.9 Å². The number of hydrogen-bond donors (Lipinski definition) is 0. The number of imidazole rings is 1. The average Bonchev–Trinajstić information content (AvgIpc) is 2.81. The Morgan fingerprint density at radius 2 is 1.68 bits per heavy atom. The maximum Gasteiger partial charge on any atom is 0.109 e. The molecule has 0 spiro atoms. The third-order valence-corrected chi connectivity index (χ3v) is 2.75. The van der Waals surface area contributed by atoms with Gasteiger partial charge in [-0.15, -0.1) is 0 Å². The lowest BCUT2D eigenvalue weighted by Gasteiger charge is -2.05. The Morgan fingerprint density at radius 1 is 1.05 bits per heavy atom. The molecule has 0 aliphatic rings. The summed E-state index contributed by atoms with van der Waals surface area (Å²) in [5, 5.41) is 0. The second kappa shape index (κ2) is 9.60. The van der Waals surface area contributed by atoms with E-state index in [1.807, 2.05) is 27.7 Å². The van der Waals surface area contributed by atoms with Gasteiger partial charge < -0.3 is 4.57 Å². The molecule has 1 heterocycles. The van der Waals surface area contributed by atoms with Crippen LogP contribution in [0.2, 0.25) is 0 Å². The summed E-state index contributed by atoms with van der Waals surface area (Å²) in [6, 6.07) is 6.48. The molecule has 1 aromatic carbocycles. The van der Waals surface area contributed by atoms with Crippen LogP contribution >= 0.6 is 0 Å². The summed E-state index contributed by atoms with van der Waals surface area (Å²) in [6.07, 6.45) is 2.17. The van der Waals surface area contributed by atoms with Crippen molar-refractivity contribution in [1.82, 2.24) is 9.55 Å². The fraction of sp³-hybridized carbons (Fsp3) is 0.588. The third-order valence-electron chi connectivity index (χ3n) is 2.75. The highest BCUT2D eigenvalue weighted by atomic mass is 15.1. The minimum atomic E-state index is 1.01. The molecule has 0 atom stereocenters. The first kappa shape index (κ1) is 17.7. The Balaban J connectivity index is 0.000000741. The van der Waals surface area contributed by atoms with Gasteiger partial charge in [-0.25, -0.2) is 4.98 Å². The fourth-order valence-corrected chi connectivity index (χ4v) is 2.03. The molecular weight excluding hydrogens is 232 g/mol. The van der Waals surface area contributed by atoms with Crippen LogP contribution in [0, 0.1) is 6.92 Å². The topological polar surface area (TPSA) is 17.8 Å². The number of rotatable bonds is 3. The Bertz CT molecular complexity index is 469. The summed E-state index contributed by atoms with van der Waals surface area (Å²) in [5.41, 5.74) is 3.72. The fourth-order valence-electron chi connectivity index (χ4n) is 2.03. The van der Waals surface area contributed by atoms with Crippen LogP contribution in [-0.4, -0.2) is 9.55 Å². The number of hydrogen-bond acceptors (Lipinski definition) is 1. The van der Waals surface area contributed by atoms with Gasteiger partial charge in [-0.1, -0.05) is 47.6 Å². The quantitative estimate of drug-likeness (QED) is 0.727. The van der Waals surface area contributed by atoms with E-state index in [2.05, 4.69) is 48.5 Å². The summed E-state index contributed by atoms with van der Waals surface area (Å²) >= 11 is 0. The molecule has 0 amide bonds. The molecule has 1 aromatic heterocycles.